The van der Waals surface area contributed by atoms with Gasteiger partial charge in [0.05, 0.1) is 11.0 Å². The van der Waals surface area contributed by atoms with E-state index in [1.807, 2.05) is 29.8 Å². The Morgan fingerprint density at radius 1 is 1.55 bits per heavy atom. The van der Waals surface area contributed by atoms with Gasteiger partial charge in [0, 0.05) is 19.3 Å². The number of fused-ring (bicyclic) bond motifs is 1. The van der Waals surface area contributed by atoms with Crippen LogP contribution in [0.4, 0.5) is 0 Å². The van der Waals surface area contributed by atoms with Gasteiger partial charge in [-0.05, 0) is 12.1 Å². The minimum atomic E-state index is 0.721. The fourth-order valence-corrected chi connectivity index (χ4v) is 1.32. The first-order valence-corrected chi connectivity index (χ1v) is 3.73. The van der Waals surface area contributed by atoms with Crippen LogP contribution in [-0.4, -0.2) is 9.55 Å². The van der Waals surface area contributed by atoms with Crippen molar-refractivity contribution in [2.75, 3.05) is 0 Å². The van der Waals surface area contributed by atoms with E-state index in [-0.39, 0.29) is 0 Å². The van der Waals surface area contributed by atoms with E-state index >= 15 is 0 Å². The molecule has 11 heavy (non-hydrogen) atoms. The summed E-state index contributed by atoms with van der Waals surface area (Å²) in [4.78, 5) is 4.16. The molecule has 0 aliphatic heterocycles. The zero-order valence-corrected chi connectivity index (χ0v) is 6.84. The van der Waals surface area contributed by atoms with Gasteiger partial charge >= 0.3 is 0 Å². The highest BCUT2D eigenvalue weighted by Gasteiger charge is 2.01. The summed E-state index contributed by atoms with van der Waals surface area (Å²) < 4.78 is 1.91. The molecule has 56 valence electrons. The molecule has 0 aliphatic rings. The van der Waals surface area contributed by atoms with E-state index < -0.39 is 0 Å². The molecular weight excluding hydrogens is 160 g/mol. The predicted octanol–water partition coefficient (Wildman–Crippen LogP) is 2.23. The van der Waals surface area contributed by atoms with Crippen molar-refractivity contribution in [2.24, 2.45) is 7.05 Å². The van der Waals surface area contributed by atoms with Gasteiger partial charge in [-0.15, -0.1) is 0 Å². The van der Waals surface area contributed by atoms with Crippen LogP contribution in [0, 0.1) is 0 Å². The lowest BCUT2D eigenvalue weighted by atomic mass is 10.4. The lowest BCUT2D eigenvalue weighted by Crippen LogP contribution is -1.85. The monoisotopic (exact) mass is 166 g/mol. The van der Waals surface area contributed by atoms with Crippen molar-refractivity contribution in [1.29, 1.82) is 0 Å². The van der Waals surface area contributed by atoms with Gasteiger partial charge in [0.1, 0.15) is 5.15 Å². The molecule has 0 saturated heterocycles. The molecule has 2 aromatic heterocycles. The molecule has 0 N–H and O–H groups in total. The molecule has 2 rings (SSSR count). The Bertz CT molecular complexity index is 392. The molecule has 2 nitrogen and oxygen atoms in total. The lowest BCUT2D eigenvalue weighted by molar-refractivity contribution is 0.969. The molecule has 0 atom stereocenters. The summed E-state index contributed by atoms with van der Waals surface area (Å²) in [5, 5.41) is 0.721. The highest BCUT2D eigenvalue weighted by atomic mass is 35.5. The number of hydrogen-bond acceptors (Lipinski definition) is 1. The van der Waals surface area contributed by atoms with Crippen molar-refractivity contribution >= 4 is 22.6 Å². The molecule has 0 fully saturated rings. The van der Waals surface area contributed by atoms with E-state index in [9.17, 15) is 0 Å². The summed E-state index contributed by atoms with van der Waals surface area (Å²) in [6, 6.07) is 5.75. The van der Waals surface area contributed by atoms with Crippen molar-refractivity contribution in [3.63, 3.8) is 0 Å². The smallest absolute Gasteiger partial charge is 0.111 e. The fraction of sp³-hybridized carbons (Fsp3) is 0.125. The average molecular weight is 167 g/mol. The zero-order valence-electron chi connectivity index (χ0n) is 6.08. The minimum absolute atomic E-state index is 0.721. The molecule has 0 unspecified atom stereocenters. The van der Waals surface area contributed by atoms with Crippen molar-refractivity contribution in [3.8, 4) is 0 Å². The number of aryl methyl sites for hydroxylation is 1. The molecule has 2 aromatic rings. The summed E-state index contributed by atoms with van der Waals surface area (Å²) in [5.41, 5.74) is 2.01. The quantitative estimate of drug-likeness (QED) is 0.587. The van der Waals surface area contributed by atoms with Gasteiger partial charge in [-0.2, -0.15) is 0 Å². The molecule has 2 heterocycles. The van der Waals surface area contributed by atoms with Crippen molar-refractivity contribution < 1.29 is 0 Å². The number of aromatic nitrogens is 2. The average Bonchev–Trinajstić information content (AvgIpc) is 2.30. The van der Waals surface area contributed by atoms with E-state index in [4.69, 9.17) is 11.6 Å². The molecule has 0 saturated carbocycles. The van der Waals surface area contributed by atoms with Gasteiger partial charge in [-0.25, -0.2) is 0 Å². The van der Waals surface area contributed by atoms with Gasteiger partial charge in [0.2, 0.25) is 0 Å². The number of rotatable bonds is 0. The van der Waals surface area contributed by atoms with Gasteiger partial charge in [-0.3, -0.25) is 4.98 Å². The van der Waals surface area contributed by atoms with Gasteiger partial charge in [-0.1, -0.05) is 11.6 Å². The molecule has 0 radical (unpaired) electrons. The van der Waals surface area contributed by atoms with Gasteiger partial charge < -0.3 is 4.57 Å². The Hall–Kier alpha value is -1.02. The second-order valence-electron chi connectivity index (χ2n) is 2.43. The number of halogens is 1. The maximum Gasteiger partial charge on any atom is 0.111 e. The molecule has 0 aliphatic carbocycles. The van der Waals surface area contributed by atoms with Gasteiger partial charge in [0.15, 0.2) is 0 Å². The maximum atomic E-state index is 5.88. The summed E-state index contributed by atoms with van der Waals surface area (Å²) in [6.45, 7) is 0. The summed E-state index contributed by atoms with van der Waals surface area (Å²) >= 11 is 5.88. The maximum absolute atomic E-state index is 5.88. The van der Waals surface area contributed by atoms with Crippen LogP contribution in [0.1, 0.15) is 0 Å². The fourth-order valence-electron chi connectivity index (χ4n) is 1.13. The summed E-state index contributed by atoms with van der Waals surface area (Å²) in [7, 11) is 1.92. The Labute approximate surface area is 69.4 Å². The second kappa shape index (κ2) is 2.24. The molecule has 0 spiro atoms. The van der Waals surface area contributed by atoms with E-state index in [1.165, 1.54) is 0 Å². The van der Waals surface area contributed by atoms with Crippen LogP contribution >= 0.6 is 11.6 Å². The third kappa shape index (κ3) is 0.906. The van der Waals surface area contributed by atoms with Crippen molar-refractivity contribution in [3.05, 3.63) is 29.5 Å². The first-order valence-electron chi connectivity index (χ1n) is 3.35. The number of hydrogen-bond donors (Lipinski definition) is 0. The van der Waals surface area contributed by atoms with Crippen molar-refractivity contribution in [1.82, 2.24) is 9.55 Å². The third-order valence-electron chi connectivity index (χ3n) is 1.75. The van der Waals surface area contributed by atoms with Crippen LogP contribution in [0.25, 0.3) is 11.0 Å². The normalized spacial score (nSPS) is 10.7. The molecule has 0 aromatic carbocycles. The van der Waals surface area contributed by atoms with E-state index in [0.29, 0.717) is 0 Å². The van der Waals surface area contributed by atoms with Crippen LogP contribution in [-0.2, 0) is 7.05 Å². The molecule has 0 bridgehead atoms. The summed E-state index contributed by atoms with van der Waals surface area (Å²) in [5.74, 6) is 0. The Morgan fingerprint density at radius 3 is 3.09 bits per heavy atom. The first kappa shape index (κ1) is 6.68. The van der Waals surface area contributed by atoms with Crippen LogP contribution in [0.3, 0.4) is 0 Å². The topological polar surface area (TPSA) is 17.8 Å². The van der Waals surface area contributed by atoms with E-state index in [2.05, 4.69) is 4.98 Å². The highest BCUT2D eigenvalue weighted by Crippen LogP contribution is 2.19. The van der Waals surface area contributed by atoms with Crippen LogP contribution in [0.2, 0.25) is 5.15 Å². The molecular formula is C8H7ClN2. The number of pyridine rings is 1. The van der Waals surface area contributed by atoms with Crippen LogP contribution < -0.4 is 0 Å². The van der Waals surface area contributed by atoms with Crippen LogP contribution in [0.15, 0.2) is 24.4 Å². The molecule has 0 amide bonds. The Kier molecular flexibility index (Phi) is 1.36. The zero-order chi connectivity index (χ0) is 7.84. The van der Waals surface area contributed by atoms with E-state index in [1.54, 1.807) is 6.20 Å². The first-order chi connectivity index (χ1) is 5.29. The number of nitrogens with zero attached hydrogens (tertiary/aromatic N) is 2. The highest BCUT2D eigenvalue weighted by molar-refractivity contribution is 6.30. The largest absolute Gasteiger partial charge is 0.333 e. The minimum Gasteiger partial charge on any atom is -0.333 e. The molecule has 3 heteroatoms. The Morgan fingerprint density at radius 2 is 2.36 bits per heavy atom. The van der Waals surface area contributed by atoms with Gasteiger partial charge in [0.25, 0.3) is 0 Å². The standard InChI is InChI=1S/C8H7ClN2/c1-11-7-3-2-4-10-6(7)5-8(11)9/h2-5H,1H3. The Balaban J connectivity index is 2.92. The van der Waals surface area contributed by atoms with Crippen molar-refractivity contribution in [2.45, 2.75) is 0 Å². The summed E-state index contributed by atoms with van der Waals surface area (Å²) in [6.07, 6.45) is 1.76. The predicted molar refractivity (Wildman–Crippen MR) is 45.7 cm³/mol. The SMILES string of the molecule is Cn1c(Cl)cc2ncccc21. The second-order valence-corrected chi connectivity index (χ2v) is 2.82. The lowest BCUT2D eigenvalue weighted by Gasteiger charge is -1.94. The van der Waals surface area contributed by atoms with E-state index in [0.717, 1.165) is 16.2 Å². The third-order valence-corrected chi connectivity index (χ3v) is 2.12. The van der Waals surface area contributed by atoms with Crippen LogP contribution in [0.5, 0.6) is 0 Å².